The van der Waals surface area contributed by atoms with Crippen molar-refractivity contribution in [1.82, 2.24) is 9.97 Å². The zero-order valence-electron chi connectivity index (χ0n) is 9.02. The lowest BCUT2D eigenvalue weighted by molar-refractivity contribution is 1.08. The van der Waals surface area contributed by atoms with E-state index in [1.54, 1.807) is 12.4 Å². The van der Waals surface area contributed by atoms with Gasteiger partial charge in [0.2, 0.25) is 0 Å². The van der Waals surface area contributed by atoms with Crippen molar-refractivity contribution in [3.8, 4) is 0 Å². The van der Waals surface area contributed by atoms with Crippen molar-refractivity contribution in [2.75, 3.05) is 10.7 Å². The van der Waals surface area contributed by atoms with E-state index in [4.69, 9.17) is 5.84 Å². The van der Waals surface area contributed by atoms with Gasteiger partial charge in [-0.05, 0) is 17.7 Å². The molecule has 6 heteroatoms. The number of hydrogen-bond acceptors (Lipinski definition) is 5. The molecule has 0 unspecified atom stereocenters. The molecule has 1 aromatic heterocycles. The van der Waals surface area contributed by atoms with Gasteiger partial charge in [0, 0.05) is 11.0 Å². The third-order valence-corrected chi connectivity index (χ3v) is 2.64. The molecule has 1 aromatic carbocycles. The zero-order chi connectivity index (χ0) is 12.1. The monoisotopic (exact) mass is 293 g/mol. The van der Waals surface area contributed by atoms with E-state index in [-0.39, 0.29) is 0 Å². The molecule has 1 heterocycles. The zero-order valence-corrected chi connectivity index (χ0v) is 10.6. The van der Waals surface area contributed by atoms with E-state index in [1.165, 1.54) is 0 Å². The molecule has 17 heavy (non-hydrogen) atoms. The maximum Gasteiger partial charge on any atom is 0.160 e. The van der Waals surface area contributed by atoms with Crippen LogP contribution >= 0.6 is 15.9 Å². The normalized spacial score (nSPS) is 10.0. The minimum Gasteiger partial charge on any atom is -0.365 e. The molecule has 0 bridgehead atoms. The van der Waals surface area contributed by atoms with Gasteiger partial charge in [0.15, 0.2) is 5.82 Å². The summed E-state index contributed by atoms with van der Waals surface area (Å²) in [4.78, 5) is 8.22. The SMILES string of the molecule is NNc1cncc(NCc2cccc(Br)c2)n1. The molecule has 0 spiro atoms. The Balaban J connectivity index is 2.02. The molecule has 0 saturated heterocycles. The molecule has 4 N–H and O–H groups in total. The summed E-state index contributed by atoms with van der Waals surface area (Å²) in [6, 6.07) is 8.06. The van der Waals surface area contributed by atoms with Crippen LogP contribution in [0.5, 0.6) is 0 Å². The number of nitrogens with two attached hydrogens (primary N) is 1. The molecular weight excluding hydrogens is 282 g/mol. The molecule has 88 valence electrons. The number of hydrazine groups is 1. The predicted molar refractivity (Wildman–Crippen MR) is 71.3 cm³/mol. The van der Waals surface area contributed by atoms with Crippen molar-refractivity contribution in [1.29, 1.82) is 0 Å². The second-order valence-corrected chi connectivity index (χ2v) is 4.33. The van der Waals surface area contributed by atoms with Gasteiger partial charge < -0.3 is 10.7 Å². The van der Waals surface area contributed by atoms with Crippen molar-refractivity contribution >= 4 is 27.6 Å². The van der Waals surface area contributed by atoms with Crippen LogP contribution in [0, 0.1) is 0 Å². The van der Waals surface area contributed by atoms with Gasteiger partial charge in [-0.15, -0.1) is 0 Å². The molecule has 0 amide bonds. The topological polar surface area (TPSA) is 75.9 Å². The number of nitrogens with one attached hydrogen (secondary N) is 2. The lowest BCUT2D eigenvalue weighted by Gasteiger charge is -2.06. The van der Waals surface area contributed by atoms with Gasteiger partial charge in [0.1, 0.15) is 5.82 Å². The Morgan fingerprint density at radius 3 is 2.82 bits per heavy atom. The smallest absolute Gasteiger partial charge is 0.160 e. The molecule has 2 aromatic rings. The van der Waals surface area contributed by atoms with E-state index < -0.39 is 0 Å². The fourth-order valence-electron chi connectivity index (χ4n) is 1.36. The molecule has 0 fully saturated rings. The number of benzene rings is 1. The second kappa shape index (κ2) is 5.60. The van der Waals surface area contributed by atoms with Gasteiger partial charge in [-0.1, -0.05) is 28.1 Å². The van der Waals surface area contributed by atoms with Crippen molar-refractivity contribution in [3.05, 3.63) is 46.7 Å². The Morgan fingerprint density at radius 1 is 1.24 bits per heavy atom. The molecule has 0 radical (unpaired) electrons. The molecule has 0 aliphatic heterocycles. The quantitative estimate of drug-likeness (QED) is 0.595. The van der Waals surface area contributed by atoms with Gasteiger partial charge in [0.25, 0.3) is 0 Å². The van der Waals surface area contributed by atoms with Gasteiger partial charge in [-0.2, -0.15) is 0 Å². The van der Waals surface area contributed by atoms with Crippen molar-refractivity contribution in [2.45, 2.75) is 6.54 Å². The summed E-state index contributed by atoms with van der Waals surface area (Å²) in [6.07, 6.45) is 3.21. The second-order valence-electron chi connectivity index (χ2n) is 3.42. The summed E-state index contributed by atoms with van der Waals surface area (Å²) in [5, 5.41) is 3.17. The van der Waals surface area contributed by atoms with Crippen LogP contribution < -0.4 is 16.6 Å². The molecule has 0 aliphatic rings. The Hall–Kier alpha value is -1.66. The Kier molecular flexibility index (Phi) is 3.89. The van der Waals surface area contributed by atoms with Crippen molar-refractivity contribution < 1.29 is 0 Å². The Morgan fingerprint density at radius 2 is 2.06 bits per heavy atom. The van der Waals surface area contributed by atoms with Crippen LogP contribution in [0.2, 0.25) is 0 Å². The van der Waals surface area contributed by atoms with E-state index in [0.717, 1.165) is 10.0 Å². The maximum absolute atomic E-state index is 5.26. The molecule has 0 saturated carbocycles. The molecule has 0 atom stereocenters. The third kappa shape index (κ3) is 3.40. The fraction of sp³-hybridized carbons (Fsp3) is 0.0909. The number of nitrogens with zero attached hydrogens (tertiary/aromatic N) is 2. The largest absolute Gasteiger partial charge is 0.365 e. The number of hydrogen-bond donors (Lipinski definition) is 3. The summed E-state index contributed by atoms with van der Waals surface area (Å²) in [7, 11) is 0. The highest BCUT2D eigenvalue weighted by Crippen LogP contribution is 2.13. The van der Waals surface area contributed by atoms with E-state index >= 15 is 0 Å². The molecule has 2 rings (SSSR count). The molecular formula is C11H12BrN5. The van der Waals surface area contributed by atoms with E-state index in [0.29, 0.717) is 18.2 Å². The van der Waals surface area contributed by atoms with Crippen LogP contribution in [0.4, 0.5) is 11.6 Å². The lowest BCUT2D eigenvalue weighted by atomic mass is 10.2. The van der Waals surface area contributed by atoms with Crippen molar-refractivity contribution in [3.63, 3.8) is 0 Å². The third-order valence-electron chi connectivity index (χ3n) is 2.15. The highest BCUT2D eigenvalue weighted by molar-refractivity contribution is 9.10. The Bertz CT molecular complexity index is 503. The number of anilines is 2. The van der Waals surface area contributed by atoms with Gasteiger partial charge in [-0.3, -0.25) is 4.98 Å². The van der Waals surface area contributed by atoms with E-state index in [9.17, 15) is 0 Å². The highest BCUT2D eigenvalue weighted by Gasteiger charge is 1.98. The van der Waals surface area contributed by atoms with Crippen LogP contribution in [-0.4, -0.2) is 9.97 Å². The van der Waals surface area contributed by atoms with Crippen LogP contribution in [0.25, 0.3) is 0 Å². The summed E-state index contributed by atoms with van der Waals surface area (Å²) >= 11 is 3.43. The van der Waals surface area contributed by atoms with E-state index in [1.807, 2.05) is 24.3 Å². The average molecular weight is 294 g/mol. The lowest BCUT2D eigenvalue weighted by Crippen LogP contribution is -2.10. The summed E-state index contributed by atoms with van der Waals surface area (Å²) in [6.45, 7) is 0.683. The average Bonchev–Trinajstić information content (AvgIpc) is 2.37. The summed E-state index contributed by atoms with van der Waals surface area (Å²) in [5.74, 6) is 6.47. The van der Waals surface area contributed by atoms with Gasteiger partial charge >= 0.3 is 0 Å². The van der Waals surface area contributed by atoms with Gasteiger partial charge in [-0.25, -0.2) is 10.8 Å². The molecule has 0 aliphatic carbocycles. The fourth-order valence-corrected chi connectivity index (χ4v) is 1.81. The number of rotatable bonds is 4. The number of nitrogen functional groups attached to an aromatic ring is 1. The number of aromatic nitrogens is 2. The first kappa shape index (κ1) is 11.8. The Labute approximate surface area is 108 Å². The predicted octanol–water partition coefficient (Wildman–Crippen LogP) is 2.14. The first-order valence-electron chi connectivity index (χ1n) is 5.05. The number of halogens is 1. The minimum absolute atomic E-state index is 0.532. The first-order valence-corrected chi connectivity index (χ1v) is 5.84. The minimum atomic E-state index is 0.532. The first-order chi connectivity index (χ1) is 8.28. The summed E-state index contributed by atoms with van der Waals surface area (Å²) in [5.41, 5.74) is 3.61. The van der Waals surface area contributed by atoms with Crippen molar-refractivity contribution in [2.24, 2.45) is 5.84 Å². The summed E-state index contributed by atoms with van der Waals surface area (Å²) < 4.78 is 1.06. The van der Waals surface area contributed by atoms with Gasteiger partial charge in [0.05, 0.1) is 12.4 Å². The standard InChI is InChI=1S/C11H12BrN5/c12-9-3-1-2-8(4-9)5-15-10-6-14-7-11(16-10)17-13/h1-4,6-7H,5,13H2,(H2,15,16,17). The van der Waals surface area contributed by atoms with E-state index in [2.05, 4.69) is 36.6 Å². The van der Waals surface area contributed by atoms with Crippen LogP contribution in [0.15, 0.2) is 41.1 Å². The maximum atomic E-state index is 5.26. The highest BCUT2D eigenvalue weighted by atomic mass is 79.9. The van der Waals surface area contributed by atoms with Crippen LogP contribution in [-0.2, 0) is 6.54 Å². The van der Waals surface area contributed by atoms with Crippen LogP contribution in [0.1, 0.15) is 5.56 Å². The molecule has 5 nitrogen and oxygen atoms in total. The van der Waals surface area contributed by atoms with Crippen LogP contribution in [0.3, 0.4) is 0 Å².